The Hall–Kier alpha value is -0.530. The Balaban J connectivity index is 2.62. The fourth-order valence-corrected chi connectivity index (χ4v) is 5.71. The summed E-state index contributed by atoms with van der Waals surface area (Å²) in [6.07, 6.45) is 0. The van der Waals surface area contributed by atoms with Gasteiger partial charge >= 0.3 is 5.97 Å². The summed E-state index contributed by atoms with van der Waals surface area (Å²) >= 11 is 11.2. The molecule has 6 nitrogen and oxygen atoms in total. The second-order valence-corrected chi connectivity index (χ2v) is 7.51. The molecule has 0 spiro atoms. The first-order valence-corrected chi connectivity index (χ1v) is 7.20. The van der Waals surface area contributed by atoms with E-state index in [9.17, 15) is 18.0 Å². The molecular weight excluding hydrogens is 293 g/mol. The molecule has 2 heterocycles. The summed E-state index contributed by atoms with van der Waals surface area (Å²) in [5.41, 5.74) is 0. The van der Waals surface area contributed by atoms with Crippen molar-refractivity contribution in [1.29, 1.82) is 0 Å². The lowest BCUT2D eigenvalue weighted by molar-refractivity contribution is -0.156. The molecule has 1 unspecified atom stereocenters. The Morgan fingerprint density at radius 1 is 1.59 bits per heavy atom. The van der Waals surface area contributed by atoms with E-state index in [2.05, 4.69) is 0 Å². The van der Waals surface area contributed by atoms with Crippen LogP contribution in [0.4, 0.5) is 0 Å². The Morgan fingerprint density at radius 2 is 2.12 bits per heavy atom. The van der Waals surface area contributed by atoms with Gasteiger partial charge in [0.25, 0.3) is 0 Å². The second kappa shape index (κ2) is 3.49. The minimum absolute atomic E-state index is 0.407. The van der Waals surface area contributed by atoms with E-state index in [-0.39, 0.29) is 0 Å². The first kappa shape index (κ1) is 12.9. The van der Waals surface area contributed by atoms with Crippen molar-refractivity contribution in [1.82, 2.24) is 4.90 Å². The third-order valence-corrected chi connectivity index (χ3v) is 7.43. The Bertz CT molecular complexity index is 506. The lowest BCUT2D eigenvalue weighted by Gasteiger charge is -2.39. The molecule has 0 aromatic heterocycles. The molecule has 17 heavy (non-hydrogen) atoms. The van der Waals surface area contributed by atoms with Gasteiger partial charge in [-0.15, -0.1) is 23.2 Å². The monoisotopic (exact) mass is 301 g/mol. The van der Waals surface area contributed by atoms with E-state index in [1.165, 1.54) is 6.92 Å². The molecule has 9 heteroatoms. The van der Waals surface area contributed by atoms with Gasteiger partial charge < -0.3 is 10.0 Å². The average molecular weight is 302 g/mol. The number of hydrogen-bond donors (Lipinski definition) is 1. The zero-order valence-corrected chi connectivity index (χ0v) is 11.0. The fraction of sp³-hybridized carbons (Fsp3) is 0.750. The zero-order chi connectivity index (χ0) is 13.2. The van der Waals surface area contributed by atoms with Gasteiger partial charge in [0.15, 0.2) is 21.3 Å². The molecular formula is C8H9Cl2NO5S. The first-order chi connectivity index (χ1) is 7.70. The van der Waals surface area contributed by atoms with Crippen molar-refractivity contribution in [2.24, 2.45) is 0 Å². The molecule has 2 fully saturated rings. The van der Waals surface area contributed by atoms with Gasteiger partial charge in [0.05, 0.1) is 0 Å². The normalized spacial score (nSPS) is 43.1. The molecule has 0 aromatic carbocycles. The molecule has 1 N–H and O–H groups in total. The predicted octanol–water partition coefficient (Wildman–Crippen LogP) is -0.359. The number of aliphatic carboxylic acids is 1. The number of rotatable bonds is 2. The molecule has 0 aromatic rings. The number of hydrogen-bond acceptors (Lipinski definition) is 4. The number of β-lactam (4-membered cyclic amide) rings is 1. The minimum atomic E-state index is -3.89. The Morgan fingerprint density at radius 3 is 2.53 bits per heavy atom. The molecule has 2 aliphatic rings. The number of carboxylic acids is 1. The van der Waals surface area contributed by atoms with E-state index >= 15 is 0 Å². The maximum Gasteiger partial charge on any atom is 0.328 e. The fourth-order valence-electron chi connectivity index (χ4n) is 2.28. The largest absolute Gasteiger partial charge is 0.480 e. The van der Waals surface area contributed by atoms with Gasteiger partial charge in [0, 0.05) is 5.88 Å². The summed E-state index contributed by atoms with van der Waals surface area (Å²) in [6.45, 7) is 1.23. The third-order valence-electron chi connectivity index (χ3n) is 3.34. The zero-order valence-electron chi connectivity index (χ0n) is 8.63. The molecule has 0 bridgehead atoms. The SMILES string of the molecule is C[C@]1(CCl)[C@H](C(=O)O)N2C(=O)C(Cl)[C@H]2S1(=O)=O. The van der Waals surface area contributed by atoms with Crippen LogP contribution >= 0.6 is 23.2 Å². The highest BCUT2D eigenvalue weighted by atomic mass is 35.5. The van der Waals surface area contributed by atoms with Gasteiger partial charge in [0.2, 0.25) is 5.91 Å². The minimum Gasteiger partial charge on any atom is -0.480 e. The lowest BCUT2D eigenvalue weighted by Crippen LogP contribution is -2.64. The van der Waals surface area contributed by atoms with E-state index in [1.54, 1.807) is 0 Å². The van der Waals surface area contributed by atoms with Crippen LogP contribution in [0.3, 0.4) is 0 Å². The van der Waals surface area contributed by atoms with Crippen molar-refractivity contribution in [3.8, 4) is 0 Å². The number of alkyl halides is 2. The molecule has 2 rings (SSSR count). The van der Waals surface area contributed by atoms with Crippen LogP contribution in [0.25, 0.3) is 0 Å². The van der Waals surface area contributed by atoms with Crippen molar-refractivity contribution >= 4 is 44.9 Å². The molecule has 96 valence electrons. The summed E-state index contributed by atoms with van der Waals surface area (Å²) in [7, 11) is -3.89. The van der Waals surface area contributed by atoms with Gasteiger partial charge in [-0.25, -0.2) is 13.2 Å². The number of halogens is 2. The topological polar surface area (TPSA) is 91.8 Å². The maximum atomic E-state index is 12.2. The standard InChI is InChI=1S/C8H9Cl2NO5S/c1-8(2-9)4(7(13)14)11-5(12)3(10)6(11)17(8,15)16/h3-4,6H,2H2,1H3,(H,13,14)/t3?,4-,6+,8-/m0/s1. The van der Waals surface area contributed by atoms with E-state index in [0.29, 0.717) is 0 Å². The third kappa shape index (κ3) is 1.25. The number of sulfone groups is 1. The summed E-state index contributed by atoms with van der Waals surface area (Å²) in [5.74, 6) is -2.48. The van der Waals surface area contributed by atoms with E-state index < -0.39 is 49.1 Å². The second-order valence-electron chi connectivity index (χ2n) is 4.27. The Kier molecular flexibility index (Phi) is 2.65. The van der Waals surface area contributed by atoms with Gasteiger partial charge in [-0.3, -0.25) is 4.79 Å². The van der Waals surface area contributed by atoms with Gasteiger partial charge in [0.1, 0.15) is 10.1 Å². The quantitative estimate of drug-likeness (QED) is 0.555. The molecule has 4 atom stereocenters. The summed E-state index contributed by atoms with van der Waals surface area (Å²) in [4.78, 5) is 23.4. The van der Waals surface area contributed by atoms with Crippen LogP contribution in [0.15, 0.2) is 0 Å². The van der Waals surface area contributed by atoms with Crippen LogP contribution in [-0.2, 0) is 19.4 Å². The molecule has 1 amide bonds. The van der Waals surface area contributed by atoms with Crippen LogP contribution < -0.4 is 0 Å². The average Bonchev–Trinajstić information content (AvgIpc) is 2.42. The Labute approximate surface area is 107 Å². The number of carboxylic acid groups (broad SMARTS) is 1. The first-order valence-electron chi connectivity index (χ1n) is 4.68. The van der Waals surface area contributed by atoms with Crippen LogP contribution in [0.1, 0.15) is 6.92 Å². The van der Waals surface area contributed by atoms with Crippen LogP contribution in [0.5, 0.6) is 0 Å². The lowest BCUT2D eigenvalue weighted by atomic mass is 9.98. The van der Waals surface area contributed by atoms with Crippen molar-refractivity contribution in [2.75, 3.05) is 5.88 Å². The van der Waals surface area contributed by atoms with E-state index in [4.69, 9.17) is 28.3 Å². The highest BCUT2D eigenvalue weighted by Crippen LogP contribution is 2.48. The van der Waals surface area contributed by atoms with Crippen molar-refractivity contribution in [3.63, 3.8) is 0 Å². The molecule has 2 saturated heterocycles. The van der Waals surface area contributed by atoms with Gasteiger partial charge in [-0.05, 0) is 6.92 Å². The molecule has 0 aliphatic carbocycles. The smallest absolute Gasteiger partial charge is 0.328 e. The van der Waals surface area contributed by atoms with E-state index in [0.717, 1.165) is 4.90 Å². The summed E-state index contributed by atoms with van der Waals surface area (Å²) < 4.78 is 22.6. The predicted molar refractivity (Wildman–Crippen MR) is 59.7 cm³/mol. The summed E-state index contributed by atoms with van der Waals surface area (Å²) in [5, 5.41) is 6.59. The number of carbonyl (C=O) groups excluding carboxylic acids is 1. The van der Waals surface area contributed by atoms with Crippen LogP contribution in [-0.4, -0.2) is 57.7 Å². The number of nitrogens with zero attached hydrogens (tertiary/aromatic N) is 1. The summed E-state index contributed by atoms with van der Waals surface area (Å²) in [6, 6.07) is -1.47. The van der Waals surface area contributed by atoms with Crippen LogP contribution in [0.2, 0.25) is 0 Å². The van der Waals surface area contributed by atoms with Crippen LogP contribution in [0, 0.1) is 0 Å². The molecule has 0 saturated carbocycles. The number of carbonyl (C=O) groups is 2. The van der Waals surface area contributed by atoms with Gasteiger partial charge in [-0.1, -0.05) is 0 Å². The highest BCUT2D eigenvalue weighted by Gasteiger charge is 2.73. The molecule has 2 aliphatic heterocycles. The molecule has 0 radical (unpaired) electrons. The number of amides is 1. The van der Waals surface area contributed by atoms with Crippen molar-refractivity contribution in [3.05, 3.63) is 0 Å². The highest BCUT2D eigenvalue weighted by molar-refractivity contribution is 7.94. The van der Waals surface area contributed by atoms with Gasteiger partial charge in [-0.2, -0.15) is 0 Å². The number of fused-ring (bicyclic) bond motifs is 1. The van der Waals surface area contributed by atoms with E-state index in [1.807, 2.05) is 0 Å². The maximum absolute atomic E-state index is 12.2. The van der Waals surface area contributed by atoms with Crippen molar-refractivity contribution in [2.45, 2.75) is 28.5 Å². The van der Waals surface area contributed by atoms with Crippen molar-refractivity contribution < 1.29 is 23.1 Å².